The first-order valence-corrected chi connectivity index (χ1v) is 2.59. The third kappa shape index (κ3) is 0.600. The van der Waals surface area contributed by atoms with Crippen LogP contribution in [0.5, 0.6) is 0 Å². The zero-order valence-corrected chi connectivity index (χ0v) is 5.50. The van der Waals surface area contributed by atoms with E-state index in [0.717, 1.165) is 0 Å². The van der Waals surface area contributed by atoms with Crippen molar-refractivity contribution < 1.29 is 0 Å². The number of aromatic nitrogens is 3. The molecule has 4 heteroatoms. The van der Waals surface area contributed by atoms with Crippen LogP contribution in [0.2, 0.25) is 0 Å². The van der Waals surface area contributed by atoms with Gasteiger partial charge in [-0.1, -0.05) is 0 Å². The molecule has 1 aromatic rings. The molecule has 0 radical (unpaired) electrons. The van der Waals surface area contributed by atoms with Gasteiger partial charge in [0.25, 0.3) is 0 Å². The average molecular weight is 145 g/mol. The maximum atomic E-state index is 3.61. The molecule has 1 aromatic heterocycles. The summed E-state index contributed by atoms with van der Waals surface area (Å²) in [4.78, 5) is 0. The molecule has 0 aromatic carbocycles. The van der Waals surface area contributed by atoms with Gasteiger partial charge in [0.05, 0.1) is 0 Å². The molecule has 0 bridgehead atoms. The van der Waals surface area contributed by atoms with Crippen molar-refractivity contribution in [3.63, 3.8) is 0 Å². The van der Waals surface area contributed by atoms with E-state index < -0.39 is 0 Å². The van der Waals surface area contributed by atoms with E-state index in [1.807, 2.05) is 0 Å². The zero-order valence-electron chi connectivity index (χ0n) is 3.07. The SMILES string of the molecule is [AsH2]n1ccnn1. The zero-order chi connectivity index (χ0) is 4.41. The molecule has 6 heavy (non-hydrogen) atoms. The van der Waals surface area contributed by atoms with Gasteiger partial charge in [-0.15, -0.1) is 0 Å². The Morgan fingerprint density at radius 2 is 2.50 bits per heavy atom. The molecule has 0 amide bonds. The molecular weight excluding hydrogens is 141 g/mol. The van der Waals surface area contributed by atoms with Crippen molar-refractivity contribution in [3.05, 3.63) is 12.4 Å². The molecule has 32 valence electrons. The van der Waals surface area contributed by atoms with E-state index in [0.29, 0.717) is 0 Å². The van der Waals surface area contributed by atoms with Crippen LogP contribution >= 0.6 is 0 Å². The normalized spacial score (nSPS) is 8.83. The molecule has 0 saturated carbocycles. The van der Waals surface area contributed by atoms with Crippen molar-refractivity contribution in [2.75, 3.05) is 0 Å². The molecule has 0 fully saturated rings. The van der Waals surface area contributed by atoms with Crippen molar-refractivity contribution in [1.82, 2.24) is 13.9 Å². The number of hydrogen-bond acceptors (Lipinski definition) is 2. The molecule has 1 unspecified atom stereocenters. The molecule has 0 aliphatic heterocycles. The summed E-state index contributed by atoms with van der Waals surface area (Å²) in [5.41, 5.74) is 0. The third-order valence-corrected chi connectivity index (χ3v) is 1.02. The fourth-order valence-electron chi connectivity index (χ4n) is 0.217. The van der Waals surface area contributed by atoms with Crippen LogP contribution in [0.25, 0.3) is 0 Å². The van der Waals surface area contributed by atoms with E-state index >= 15 is 0 Å². The molecule has 1 heterocycles. The van der Waals surface area contributed by atoms with Gasteiger partial charge >= 0.3 is 43.4 Å². The van der Waals surface area contributed by atoms with Crippen molar-refractivity contribution in [2.24, 2.45) is 0 Å². The number of hydrogen-bond donors (Lipinski definition) is 0. The minimum absolute atomic E-state index is 1.43. The first-order chi connectivity index (χ1) is 2.89. The summed E-state index contributed by atoms with van der Waals surface area (Å²) < 4.78 is 1.70. The fourth-order valence-corrected chi connectivity index (χ4v) is 0.504. The van der Waals surface area contributed by atoms with E-state index in [-0.39, 0.29) is 0 Å². The summed E-state index contributed by atoms with van der Waals surface area (Å²) in [5, 5.41) is 7.16. The molecular formula is C2H4AsN3. The number of nitrogens with zero attached hydrogens (tertiary/aromatic N) is 3. The Morgan fingerprint density at radius 1 is 1.67 bits per heavy atom. The summed E-state index contributed by atoms with van der Waals surface area (Å²) in [6.07, 6.45) is 3.46. The second kappa shape index (κ2) is 1.43. The predicted molar refractivity (Wildman–Crippen MR) is 24.0 cm³/mol. The van der Waals surface area contributed by atoms with Crippen molar-refractivity contribution in [1.29, 1.82) is 0 Å². The van der Waals surface area contributed by atoms with Crippen LogP contribution in [0.3, 0.4) is 0 Å². The fraction of sp³-hybridized carbons (Fsp3) is 0. The van der Waals surface area contributed by atoms with Crippen LogP contribution in [-0.4, -0.2) is 31.0 Å². The molecule has 0 aliphatic carbocycles. The molecule has 0 aliphatic rings. The van der Waals surface area contributed by atoms with Crippen molar-refractivity contribution in [3.8, 4) is 0 Å². The molecule has 0 saturated heterocycles. The second-order valence-corrected chi connectivity index (χ2v) is 1.99. The second-order valence-electron chi connectivity index (χ2n) is 0.883. The Kier molecular flexibility index (Phi) is 0.925. The Bertz CT molecular complexity index is 112. The molecule has 1 rings (SSSR count). The van der Waals surface area contributed by atoms with Gasteiger partial charge in [-0.25, -0.2) is 0 Å². The molecule has 1 atom stereocenters. The summed E-state index contributed by atoms with van der Waals surface area (Å²) in [7, 11) is 0. The van der Waals surface area contributed by atoms with Gasteiger partial charge in [0.1, 0.15) is 0 Å². The Balaban J connectivity index is 3.05. The van der Waals surface area contributed by atoms with Gasteiger partial charge in [0.2, 0.25) is 0 Å². The average Bonchev–Trinajstić information content (AvgIpc) is 1.86. The van der Waals surface area contributed by atoms with Crippen LogP contribution in [0.1, 0.15) is 0 Å². The Hall–Kier alpha value is -0.302. The van der Waals surface area contributed by atoms with E-state index in [4.69, 9.17) is 0 Å². The Morgan fingerprint density at radius 3 is 2.67 bits per heavy atom. The Labute approximate surface area is 44.1 Å². The minimum atomic E-state index is 1.43. The molecule has 0 spiro atoms. The number of rotatable bonds is 0. The van der Waals surface area contributed by atoms with Gasteiger partial charge in [-0.3, -0.25) is 0 Å². The summed E-state index contributed by atoms with van der Waals surface area (Å²) in [6.45, 7) is 0. The van der Waals surface area contributed by atoms with Crippen molar-refractivity contribution >= 4 is 17.1 Å². The van der Waals surface area contributed by atoms with E-state index in [9.17, 15) is 0 Å². The van der Waals surface area contributed by atoms with Gasteiger partial charge < -0.3 is 0 Å². The van der Waals surface area contributed by atoms with E-state index in [1.165, 1.54) is 17.1 Å². The third-order valence-electron chi connectivity index (χ3n) is 0.441. The molecule has 3 nitrogen and oxygen atoms in total. The molecule has 0 N–H and O–H groups in total. The van der Waals surface area contributed by atoms with E-state index in [2.05, 4.69) is 10.3 Å². The van der Waals surface area contributed by atoms with Crippen LogP contribution < -0.4 is 0 Å². The standard InChI is InChI=1S/C2H4AsN3/c3-6-2-1-4-5-6/h1-2H,3H2. The van der Waals surface area contributed by atoms with Gasteiger partial charge in [0, 0.05) is 0 Å². The summed E-state index contributed by atoms with van der Waals surface area (Å²) >= 11 is 1.43. The quantitative estimate of drug-likeness (QED) is 0.423. The monoisotopic (exact) mass is 145 g/mol. The summed E-state index contributed by atoms with van der Waals surface area (Å²) in [6, 6.07) is 0. The van der Waals surface area contributed by atoms with Gasteiger partial charge in [-0.2, -0.15) is 0 Å². The first-order valence-electron chi connectivity index (χ1n) is 1.51. The van der Waals surface area contributed by atoms with Crippen molar-refractivity contribution in [2.45, 2.75) is 0 Å². The van der Waals surface area contributed by atoms with Gasteiger partial charge in [-0.05, 0) is 0 Å². The summed E-state index contributed by atoms with van der Waals surface area (Å²) in [5.74, 6) is 0. The van der Waals surface area contributed by atoms with E-state index in [1.54, 1.807) is 16.0 Å². The van der Waals surface area contributed by atoms with Crippen LogP contribution in [-0.2, 0) is 0 Å². The van der Waals surface area contributed by atoms with Crippen LogP contribution in [0.4, 0.5) is 0 Å². The first kappa shape index (κ1) is 3.87. The van der Waals surface area contributed by atoms with Gasteiger partial charge in [0.15, 0.2) is 0 Å². The predicted octanol–water partition coefficient (Wildman–Crippen LogP) is -1.33. The maximum absolute atomic E-state index is 3.61. The van der Waals surface area contributed by atoms with Crippen LogP contribution in [0.15, 0.2) is 12.4 Å². The van der Waals surface area contributed by atoms with Crippen LogP contribution in [0, 0.1) is 0 Å². The topological polar surface area (TPSA) is 30.7 Å².